The molecule has 0 aromatic carbocycles. The molecule has 0 bridgehead atoms. The van der Waals surface area contributed by atoms with Gasteiger partial charge in [-0.15, -0.1) is 0 Å². The molecule has 1 fully saturated rings. The Bertz CT molecular complexity index is 314. The molecule has 1 saturated heterocycles. The Kier molecular flexibility index (Phi) is 5.47. The van der Waals surface area contributed by atoms with Gasteiger partial charge in [-0.3, -0.25) is 9.59 Å². The van der Waals surface area contributed by atoms with Gasteiger partial charge >= 0.3 is 5.97 Å². The summed E-state index contributed by atoms with van der Waals surface area (Å²) in [5.41, 5.74) is -0.359. The molecule has 1 atom stereocenters. The third-order valence-electron chi connectivity index (χ3n) is 2.59. The number of hydrogen-bond acceptors (Lipinski definition) is 4. The minimum absolute atomic E-state index is 0.00819. The number of carboxylic acids is 1. The molecular formula is C12H21NO4S. The number of carbonyl (C=O) groups excluding carboxylic acids is 1. The van der Waals surface area contributed by atoms with Crippen LogP contribution >= 0.6 is 11.8 Å². The average Bonchev–Trinajstić information content (AvgIpc) is 2.25. The molecule has 1 N–H and O–H groups in total. The first-order chi connectivity index (χ1) is 8.29. The van der Waals surface area contributed by atoms with Gasteiger partial charge < -0.3 is 14.7 Å². The summed E-state index contributed by atoms with van der Waals surface area (Å²) >= 11 is 1.69. The first kappa shape index (κ1) is 15.3. The molecule has 1 unspecified atom stereocenters. The van der Waals surface area contributed by atoms with Crippen LogP contribution in [-0.4, -0.2) is 58.2 Å². The molecule has 6 heteroatoms. The zero-order valence-corrected chi connectivity index (χ0v) is 12.0. The highest BCUT2D eigenvalue weighted by molar-refractivity contribution is 7.99. The molecule has 0 aromatic rings. The molecule has 1 aliphatic rings. The van der Waals surface area contributed by atoms with E-state index < -0.39 is 5.97 Å². The highest BCUT2D eigenvalue weighted by atomic mass is 32.2. The van der Waals surface area contributed by atoms with Crippen LogP contribution in [0, 0.1) is 0 Å². The monoisotopic (exact) mass is 275 g/mol. The van der Waals surface area contributed by atoms with Crippen LogP contribution in [-0.2, 0) is 14.3 Å². The predicted octanol–water partition coefficient (Wildman–Crippen LogP) is 1.22. The van der Waals surface area contributed by atoms with Gasteiger partial charge in [0.15, 0.2) is 0 Å². The molecule has 18 heavy (non-hydrogen) atoms. The van der Waals surface area contributed by atoms with Crippen molar-refractivity contribution in [2.45, 2.75) is 38.8 Å². The third-order valence-corrected chi connectivity index (χ3v) is 3.68. The van der Waals surface area contributed by atoms with Crippen molar-refractivity contribution in [1.29, 1.82) is 0 Å². The summed E-state index contributed by atoms with van der Waals surface area (Å²) in [6.45, 7) is 6.29. The van der Waals surface area contributed by atoms with Crippen LogP contribution in [0.2, 0.25) is 0 Å². The first-order valence-electron chi connectivity index (χ1n) is 6.02. The van der Waals surface area contributed by atoms with E-state index in [4.69, 9.17) is 9.84 Å². The smallest absolute Gasteiger partial charge is 0.305 e. The molecule has 1 heterocycles. The molecule has 0 saturated carbocycles. The number of carbonyl (C=O) groups is 2. The van der Waals surface area contributed by atoms with Gasteiger partial charge in [0.1, 0.15) is 6.61 Å². The lowest BCUT2D eigenvalue weighted by atomic mass is 10.2. The quantitative estimate of drug-likeness (QED) is 0.835. The normalized spacial score (nSPS) is 20.8. The second-order valence-electron chi connectivity index (χ2n) is 5.31. The summed E-state index contributed by atoms with van der Waals surface area (Å²) in [6, 6.07) is -0.211. The van der Waals surface area contributed by atoms with Crippen LogP contribution in [0.15, 0.2) is 0 Å². The van der Waals surface area contributed by atoms with Crippen molar-refractivity contribution in [2.75, 3.05) is 24.7 Å². The average molecular weight is 275 g/mol. The Morgan fingerprint density at radius 1 is 1.44 bits per heavy atom. The summed E-state index contributed by atoms with van der Waals surface area (Å²) in [6.07, 6.45) is 0.00819. The van der Waals surface area contributed by atoms with Crippen molar-refractivity contribution in [3.63, 3.8) is 0 Å². The van der Waals surface area contributed by atoms with Gasteiger partial charge in [-0.2, -0.15) is 11.8 Å². The minimum atomic E-state index is -0.864. The van der Waals surface area contributed by atoms with E-state index in [1.165, 1.54) is 0 Å². The lowest BCUT2D eigenvalue weighted by Crippen LogP contribution is -2.49. The number of nitrogens with zero attached hydrogens (tertiary/aromatic N) is 1. The highest BCUT2D eigenvalue weighted by Gasteiger charge is 2.29. The van der Waals surface area contributed by atoms with Crippen molar-refractivity contribution >= 4 is 23.6 Å². The summed E-state index contributed by atoms with van der Waals surface area (Å²) in [4.78, 5) is 24.5. The number of ether oxygens (including phenoxy) is 1. The number of rotatable bonds is 4. The second kappa shape index (κ2) is 6.43. The van der Waals surface area contributed by atoms with Crippen molar-refractivity contribution in [2.24, 2.45) is 0 Å². The Labute approximate surface area is 112 Å². The number of thioether (sulfide) groups is 1. The Hall–Kier alpha value is -0.750. The molecule has 0 aliphatic carbocycles. The Morgan fingerprint density at radius 2 is 2.11 bits per heavy atom. The van der Waals surface area contributed by atoms with E-state index in [0.29, 0.717) is 12.3 Å². The van der Waals surface area contributed by atoms with Crippen LogP contribution < -0.4 is 0 Å². The Morgan fingerprint density at radius 3 is 2.67 bits per heavy atom. The summed E-state index contributed by atoms with van der Waals surface area (Å²) < 4.78 is 5.45. The molecule has 1 rings (SSSR count). The maximum atomic E-state index is 12.0. The van der Waals surface area contributed by atoms with Gasteiger partial charge in [0, 0.05) is 18.1 Å². The molecule has 0 aromatic heterocycles. The second-order valence-corrected chi connectivity index (χ2v) is 6.46. The number of aliphatic carboxylic acids is 1. The van der Waals surface area contributed by atoms with Crippen LogP contribution in [0.25, 0.3) is 0 Å². The largest absolute Gasteiger partial charge is 0.481 e. The molecule has 0 spiro atoms. The number of carboxylic acid groups (broad SMARTS) is 1. The molecule has 104 valence electrons. The molecule has 5 nitrogen and oxygen atoms in total. The molecule has 1 amide bonds. The van der Waals surface area contributed by atoms with E-state index in [1.54, 1.807) is 16.7 Å². The van der Waals surface area contributed by atoms with Gasteiger partial charge in [0.05, 0.1) is 18.1 Å². The molecular weight excluding hydrogens is 254 g/mol. The van der Waals surface area contributed by atoms with E-state index in [-0.39, 0.29) is 30.6 Å². The van der Waals surface area contributed by atoms with E-state index in [1.807, 2.05) is 20.8 Å². The summed E-state index contributed by atoms with van der Waals surface area (Å²) in [7, 11) is 0. The van der Waals surface area contributed by atoms with Crippen LogP contribution in [0.4, 0.5) is 0 Å². The van der Waals surface area contributed by atoms with Crippen molar-refractivity contribution < 1.29 is 19.4 Å². The predicted molar refractivity (Wildman–Crippen MR) is 70.8 cm³/mol. The first-order valence-corrected chi connectivity index (χ1v) is 7.18. The summed E-state index contributed by atoms with van der Waals surface area (Å²) in [5.74, 6) is 0.568. The Balaban J connectivity index is 2.54. The third kappa shape index (κ3) is 5.27. The van der Waals surface area contributed by atoms with Gasteiger partial charge in [-0.25, -0.2) is 0 Å². The van der Waals surface area contributed by atoms with Crippen LogP contribution in [0.3, 0.4) is 0 Å². The lowest BCUT2D eigenvalue weighted by molar-refractivity contribution is -0.145. The van der Waals surface area contributed by atoms with E-state index in [0.717, 1.165) is 5.75 Å². The van der Waals surface area contributed by atoms with Gasteiger partial charge in [-0.05, 0) is 20.8 Å². The van der Waals surface area contributed by atoms with Crippen molar-refractivity contribution in [3.05, 3.63) is 0 Å². The van der Waals surface area contributed by atoms with Gasteiger partial charge in [0.2, 0.25) is 5.91 Å². The molecule has 1 aliphatic heterocycles. The fraction of sp³-hybridized carbons (Fsp3) is 0.833. The van der Waals surface area contributed by atoms with E-state index in [2.05, 4.69) is 0 Å². The summed E-state index contributed by atoms with van der Waals surface area (Å²) in [5, 5.41) is 8.85. The maximum Gasteiger partial charge on any atom is 0.305 e. The van der Waals surface area contributed by atoms with Gasteiger partial charge in [-0.1, -0.05) is 0 Å². The van der Waals surface area contributed by atoms with E-state index in [9.17, 15) is 9.59 Å². The fourth-order valence-corrected chi connectivity index (χ4v) is 2.78. The standard InChI is InChI=1S/C12H21NO4S/c1-12(2,3)17-7-10(14)13-4-5-18-8-9(13)6-11(15)16/h9H,4-8H2,1-3H3,(H,15,16). The minimum Gasteiger partial charge on any atom is -0.481 e. The van der Waals surface area contributed by atoms with Crippen LogP contribution in [0.5, 0.6) is 0 Å². The topological polar surface area (TPSA) is 66.8 Å². The lowest BCUT2D eigenvalue weighted by Gasteiger charge is -2.35. The van der Waals surface area contributed by atoms with Crippen molar-refractivity contribution in [3.8, 4) is 0 Å². The van der Waals surface area contributed by atoms with Crippen LogP contribution in [0.1, 0.15) is 27.2 Å². The number of amides is 1. The zero-order chi connectivity index (χ0) is 13.8. The van der Waals surface area contributed by atoms with Crippen molar-refractivity contribution in [1.82, 2.24) is 4.90 Å². The zero-order valence-electron chi connectivity index (χ0n) is 11.1. The fourth-order valence-electron chi connectivity index (χ4n) is 1.71. The van der Waals surface area contributed by atoms with E-state index >= 15 is 0 Å². The highest BCUT2D eigenvalue weighted by Crippen LogP contribution is 2.19. The number of hydrogen-bond donors (Lipinski definition) is 1. The SMILES string of the molecule is CC(C)(C)OCC(=O)N1CCSCC1CC(=O)O. The van der Waals surface area contributed by atoms with Gasteiger partial charge in [0.25, 0.3) is 0 Å². The maximum absolute atomic E-state index is 12.0. The molecule has 0 radical (unpaired) electrons.